The largest absolute Gasteiger partial charge is 0.303 e. The molecule has 0 bridgehead atoms. The lowest BCUT2D eigenvalue weighted by molar-refractivity contribution is 0.389. The molecule has 100 valence electrons. The molecule has 1 nitrogen and oxygen atoms in total. The van der Waals surface area contributed by atoms with Crippen LogP contribution in [0.2, 0.25) is 0 Å². The summed E-state index contributed by atoms with van der Waals surface area (Å²) in [6.45, 7) is 5.60. The van der Waals surface area contributed by atoms with Gasteiger partial charge in [-0.1, -0.05) is 61.5 Å². The van der Waals surface area contributed by atoms with E-state index in [1.54, 1.807) is 0 Å². The average Bonchev–Trinajstić information content (AvgIpc) is 2.44. The third-order valence-corrected chi connectivity index (χ3v) is 4.14. The van der Waals surface area contributed by atoms with Crippen LogP contribution in [0.25, 0.3) is 0 Å². The number of rotatable bonds is 1. The van der Waals surface area contributed by atoms with Gasteiger partial charge in [-0.05, 0) is 29.5 Å². The van der Waals surface area contributed by atoms with Crippen molar-refractivity contribution in [3.8, 4) is 0 Å². The lowest BCUT2D eigenvalue weighted by atomic mass is 9.76. The van der Waals surface area contributed by atoms with Crippen LogP contribution in [0.5, 0.6) is 0 Å². The molecular formula is C17H20ClN. The Kier molecular flexibility index (Phi) is 3.98. The lowest BCUT2D eigenvalue weighted by Crippen LogP contribution is -2.46. The number of fused-ring (bicyclic) bond motifs is 1. The quantitative estimate of drug-likeness (QED) is 0.826. The first-order valence-electron chi connectivity index (χ1n) is 6.62. The van der Waals surface area contributed by atoms with Gasteiger partial charge in [0.05, 0.1) is 5.54 Å². The van der Waals surface area contributed by atoms with Gasteiger partial charge in [0.25, 0.3) is 0 Å². The summed E-state index contributed by atoms with van der Waals surface area (Å²) in [5, 5.41) is 3.72. The van der Waals surface area contributed by atoms with Crippen molar-refractivity contribution in [3.63, 3.8) is 0 Å². The highest BCUT2D eigenvalue weighted by Crippen LogP contribution is 2.38. The molecule has 0 saturated carbocycles. The Morgan fingerprint density at radius 3 is 2.37 bits per heavy atom. The van der Waals surface area contributed by atoms with Crippen LogP contribution >= 0.6 is 12.4 Å². The number of benzene rings is 2. The standard InChI is InChI=1S/C17H19N.ClH/c1-13-12-18-17(2,14-8-4-3-5-9-14)16-11-7-6-10-15(13)16;/h3-11,13,18H,12H2,1-2H3;1H. The minimum Gasteiger partial charge on any atom is -0.303 e. The van der Waals surface area contributed by atoms with Crippen LogP contribution in [0.1, 0.15) is 36.5 Å². The molecule has 2 aromatic rings. The average molecular weight is 274 g/mol. The number of nitrogens with one attached hydrogen (secondary N) is 1. The van der Waals surface area contributed by atoms with E-state index in [-0.39, 0.29) is 17.9 Å². The summed E-state index contributed by atoms with van der Waals surface area (Å²) in [4.78, 5) is 0. The summed E-state index contributed by atoms with van der Waals surface area (Å²) in [5.74, 6) is 0.581. The SMILES string of the molecule is CC1CNC(C)(c2ccccc2)c2ccccc21.Cl. The van der Waals surface area contributed by atoms with E-state index < -0.39 is 0 Å². The summed E-state index contributed by atoms with van der Waals surface area (Å²) in [7, 11) is 0. The van der Waals surface area contributed by atoms with Crippen LogP contribution < -0.4 is 5.32 Å². The van der Waals surface area contributed by atoms with E-state index in [4.69, 9.17) is 0 Å². The van der Waals surface area contributed by atoms with Crippen molar-refractivity contribution in [1.82, 2.24) is 5.32 Å². The normalized spacial score (nSPS) is 25.3. The van der Waals surface area contributed by atoms with E-state index >= 15 is 0 Å². The number of hydrogen-bond acceptors (Lipinski definition) is 1. The van der Waals surface area contributed by atoms with Gasteiger partial charge in [0.15, 0.2) is 0 Å². The molecule has 2 atom stereocenters. The van der Waals surface area contributed by atoms with Crippen molar-refractivity contribution in [1.29, 1.82) is 0 Å². The number of halogens is 1. The van der Waals surface area contributed by atoms with Crippen LogP contribution in [0.3, 0.4) is 0 Å². The zero-order valence-electron chi connectivity index (χ0n) is 11.4. The Morgan fingerprint density at radius 2 is 1.63 bits per heavy atom. The summed E-state index contributed by atoms with van der Waals surface area (Å²) < 4.78 is 0. The highest BCUT2D eigenvalue weighted by molar-refractivity contribution is 5.85. The monoisotopic (exact) mass is 273 g/mol. The zero-order chi connectivity index (χ0) is 12.6. The molecule has 2 unspecified atom stereocenters. The van der Waals surface area contributed by atoms with Crippen molar-refractivity contribution in [2.24, 2.45) is 0 Å². The molecule has 0 aliphatic carbocycles. The van der Waals surface area contributed by atoms with Gasteiger partial charge in [-0.3, -0.25) is 0 Å². The molecule has 19 heavy (non-hydrogen) atoms. The summed E-state index contributed by atoms with van der Waals surface area (Å²) in [5.41, 5.74) is 4.16. The van der Waals surface area contributed by atoms with Crippen LogP contribution in [0, 0.1) is 0 Å². The van der Waals surface area contributed by atoms with E-state index in [2.05, 4.69) is 73.8 Å². The summed E-state index contributed by atoms with van der Waals surface area (Å²) >= 11 is 0. The third kappa shape index (κ3) is 2.29. The summed E-state index contributed by atoms with van der Waals surface area (Å²) in [6.07, 6.45) is 0. The zero-order valence-corrected chi connectivity index (χ0v) is 12.2. The van der Waals surface area contributed by atoms with Gasteiger partial charge in [0.2, 0.25) is 0 Å². The van der Waals surface area contributed by atoms with E-state index in [0.717, 1.165) is 6.54 Å². The molecule has 2 heteroatoms. The fraction of sp³-hybridized carbons (Fsp3) is 0.294. The van der Waals surface area contributed by atoms with Gasteiger partial charge in [0.1, 0.15) is 0 Å². The van der Waals surface area contributed by atoms with Crippen molar-refractivity contribution in [2.75, 3.05) is 6.54 Å². The molecule has 0 radical (unpaired) electrons. The maximum atomic E-state index is 3.72. The van der Waals surface area contributed by atoms with Gasteiger partial charge in [0, 0.05) is 6.54 Å². The van der Waals surface area contributed by atoms with Gasteiger partial charge < -0.3 is 5.32 Å². The van der Waals surface area contributed by atoms with Crippen LogP contribution in [0.15, 0.2) is 54.6 Å². The fourth-order valence-corrected chi connectivity index (χ4v) is 2.97. The number of hydrogen-bond donors (Lipinski definition) is 1. The molecule has 0 fully saturated rings. The Labute approximate surface area is 121 Å². The minimum absolute atomic E-state index is 0. The van der Waals surface area contributed by atoms with Crippen LogP contribution in [-0.2, 0) is 5.54 Å². The molecule has 1 aliphatic heterocycles. The van der Waals surface area contributed by atoms with E-state index in [9.17, 15) is 0 Å². The lowest BCUT2D eigenvalue weighted by Gasteiger charge is -2.40. The van der Waals surface area contributed by atoms with Crippen LogP contribution in [-0.4, -0.2) is 6.54 Å². The second-order valence-electron chi connectivity index (χ2n) is 5.36. The smallest absolute Gasteiger partial charge is 0.0664 e. The molecular weight excluding hydrogens is 254 g/mol. The molecule has 1 heterocycles. The molecule has 3 rings (SSSR count). The van der Waals surface area contributed by atoms with E-state index in [1.807, 2.05) is 0 Å². The first-order chi connectivity index (χ1) is 8.72. The maximum absolute atomic E-state index is 3.72. The molecule has 0 spiro atoms. The van der Waals surface area contributed by atoms with Gasteiger partial charge in [-0.15, -0.1) is 12.4 Å². The molecule has 0 saturated heterocycles. The van der Waals surface area contributed by atoms with Crippen molar-refractivity contribution < 1.29 is 0 Å². The van der Waals surface area contributed by atoms with E-state index in [1.165, 1.54) is 16.7 Å². The Morgan fingerprint density at radius 1 is 1.00 bits per heavy atom. The first-order valence-corrected chi connectivity index (χ1v) is 6.62. The Hall–Kier alpha value is -1.31. The first kappa shape index (κ1) is 14.1. The van der Waals surface area contributed by atoms with Gasteiger partial charge in [-0.2, -0.15) is 0 Å². The van der Waals surface area contributed by atoms with Crippen LogP contribution in [0.4, 0.5) is 0 Å². The predicted octanol–water partition coefficient (Wildman–Crippen LogP) is 4.08. The van der Waals surface area contributed by atoms with Gasteiger partial charge in [-0.25, -0.2) is 0 Å². The molecule has 0 amide bonds. The molecule has 0 aromatic heterocycles. The molecule has 1 aliphatic rings. The Balaban J connectivity index is 0.00000133. The van der Waals surface area contributed by atoms with Crippen molar-refractivity contribution >= 4 is 12.4 Å². The second kappa shape index (κ2) is 5.36. The minimum atomic E-state index is -0.0651. The topological polar surface area (TPSA) is 12.0 Å². The maximum Gasteiger partial charge on any atom is 0.0664 e. The van der Waals surface area contributed by atoms with E-state index in [0.29, 0.717) is 5.92 Å². The highest BCUT2D eigenvalue weighted by atomic mass is 35.5. The molecule has 2 aromatic carbocycles. The summed E-state index contributed by atoms with van der Waals surface area (Å²) in [6, 6.07) is 19.5. The predicted molar refractivity (Wildman–Crippen MR) is 83.0 cm³/mol. The third-order valence-electron chi connectivity index (χ3n) is 4.14. The fourth-order valence-electron chi connectivity index (χ4n) is 2.97. The van der Waals surface area contributed by atoms with Crippen molar-refractivity contribution in [3.05, 3.63) is 71.3 Å². The highest BCUT2D eigenvalue weighted by Gasteiger charge is 2.35. The second-order valence-corrected chi connectivity index (χ2v) is 5.36. The Bertz CT molecular complexity index is 552. The van der Waals surface area contributed by atoms with Gasteiger partial charge >= 0.3 is 0 Å². The van der Waals surface area contributed by atoms with Crippen molar-refractivity contribution in [2.45, 2.75) is 25.3 Å². The molecule has 1 N–H and O–H groups in total.